The van der Waals surface area contributed by atoms with Gasteiger partial charge in [-0.05, 0) is 38.1 Å². The third-order valence-corrected chi connectivity index (χ3v) is 3.80. The van der Waals surface area contributed by atoms with Crippen molar-refractivity contribution in [3.05, 3.63) is 64.4 Å². The first-order valence-electron chi connectivity index (χ1n) is 7.85. The van der Waals surface area contributed by atoms with Gasteiger partial charge in [0.2, 0.25) is 5.91 Å². The minimum absolute atomic E-state index is 0.196. The number of carbonyl (C=O) groups is 2. The zero-order valence-electron chi connectivity index (χ0n) is 14.4. The molecule has 0 unspecified atom stereocenters. The molecule has 0 spiro atoms. The van der Waals surface area contributed by atoms with E-state index in [4.69, 9.17) is 32.2 Å². The Morgan fingerprint density at radius 1 is 1.12 bits per heavy atom. The molecular weight excluding hydrogens is 356 g/mol. The van der Waals surface area contributed by atoms with Gasteiger partial charge in [-0.25, -0.2) is 0 Å². The van der Waals surface area contributed by atoms with Crippen LogP contribution in [0.3, 0.4) is 0 Å². The van der Waals surface area contributed by atoms with Crippen molar-refractivity contribution in [3.8, 4) is 5.75 Å². The minimum atomic E-state index is -0.559. The van der Waals surface area contributed by atoms with Crippen LogP contribution in [0.15, 0.2) is 46.9 Å². The van der Waals surface area contributed by atoms with Crippen molar-refractivity contribution >= 4 is 34.4 Å². The summed E-state index contributed by atoms with van der Waals surface area (Å²) in [5.74, 6) is -0.184. The molecule has 2 aromatic carbocycles. The predicted octanol–water partition coefficient (Wildman–Crippen LogP) is 3.68. The number of para-hydroxylation sites is 1. The van der Waals surface area contributed by atoms with Crippen molar-refractivity contribution in [2.24, 2.45) is 11.5 Å². The van der Waals surface area contributed by atoms with Gasteiger partial charge in [-0.1, -0.05) is 29.8 Å². The topological polar surface area (TPSA) is 109 Å². The van der Waals surface area contributed by atoms with Crippen LogP contribution in [0, 0.1) is 6.92 Å². The van der Waals surface area contributed by atoms with Crippen LogP contribution in [0.25, 0.3) is 11.0 Å². The van der Waals surface area contributed by atoms with E-state index in [1.54, 1.807) is 24.3 Å². The third kappa shape index (κ3) is 4.34. The fourth-order valence-corrected chi connectivity index (χ4v) is 2.55. The Bertz CT molecular complexity index is 950. The highest BCUT2D eigenvalue weighted by Crippen LogP contribution is 2.32. The molecule has 4 N–H and O–H groups in total. The lowest BCUT2D eigenvalue weighted by atomic mass is 10.1. The molecule has 136 valence electrons. The van der Waals surface area contributed by atoms with Crippen molar-refractivity contribution < 1.29 is 18.7 Å². The molecule has 3 aromatic rings. The van der Waals surface area contributed by atoms with Crippen molar-refractivity contribution in [1.29, 1.82) is 0 Å². The summed E-state index contributed by atoms with van der Waals surface area (Å²) < 4.78 is 10.9. The molecule has 0 aliphatic heterocycles. The Hall–Kier alpha value is -2.99. The van der Waals surface area contributed by atoms with E-state index < -0.39 is 11.8 Å². The normalized spacial score (nSPS) is 10.1. The summed E-state index contributed by atoms with van der Waals surface area (Å²) in [5.41, 5.74) is 12.0. The number of nitrogens with two attached hydrogens (primary N) is 2. The Kier molecular flexibility index (Phi) is 6.25. The number of furan rings is 1. The van der Waals surface area contributed by atoms with E-state index >= 15 is 0 Å². The number of hydrogen-bond acceptors (Lipinski definition) is 4. The molecule has 26 heavy (non-hydrogen) atoms. The predicted molar refractivity (Wildman–Crippen MR) is 101 cm³/mol. The van der Waals surface area contributed by atoms with Crippen LogP contribution in [0.4, 0.5) is 0 Å². The number of ether oxygens (including phenoxy) is 1. The van der Waals surface area contributed by atoms with E-state index in [0.29, 0.717) is 28.5 Å². The minimum Gasteiger partial charge on any atom is -0.490 e. The number of rotatable bonds is 4. The second-order valence-electron chi connectivity index (χ2n) is 5.36. The Balaban J connectivity index is 0.000000209. The highest BCUT2D eigenvalue weighted by molar-refractivity contribution is 6.30. The molecule has 0 fully saturated rings. The molecule has 0 radical (unpaired) electrons. The molecule has 1 heterocycles. The van der Waals surface area contributed by atoms with Crippen LogP contribution >= 0.6 is 11.6 Å². The van der Waals surface area contributed by atoms with E-state index in [2.05, 4.69) is 0 Å². The number of hydrogen-bond donors (Lipinski definition) is 2. The summed E-state index contributed by atoms with van der Waals surface area (Å²) in [7, 11) is 0. The lowest BCUT2D eigenvalue weighted by molar-refractivity contribution is 0.0972. The van der Waals surface area contributed by atoms with Crippen LogP contribution < -0.4 is 16.2 Å². The van der Waals surface area contributed by atoms with E-state index in [0.717, 1.165) is 10.9 Å². The van der Waals surface area contributed by atoms with E-state index in [1.807, 2.05) is 26.0 Å². The van der Waals surface area contributed by atoms with Crippen LogP contribution in [-0.4, -0.2) is 18.4 Å². The second-order valence-corrected chi connectivity index (χ2v) is 5.80. The summed E-state index contributed by atoms with van der Waals surface area (Å²) in [6.45, 7) is 4.25. The maximum atomic E-state index is 11.1. The molecular formula is C19H19ClN2O4. The monoisotopic (exact) mass is 374 g/mol. The fraction of sp³-hybridized carbons (Fsp3) is 0.158. The van der Waals surface area contributed by atoms with Crippen LogP contribution in [0.5, 0.6) is 5.75 Å². The molecule has 2 amide bonds. The number of halogens is 1. The lowest BCUT2D eigenvalue weighted by Gasteiger charge is -2.02. The second kappa shape index (κ2) is 8.40. The molecule has 0 atom stereocenters. The Labute approximate surface area is 155 Å². The van der Waals surface area contributed by atoms with E-state index in [9.17, 15) is 9.59 Å². The van der Waals surface area contributed by atoms with Gasteiger partial charge in [0.1, 0.15) is 0 Å². The molecule has 3 rings (SSSR count). The van der Waals surface area contributed by atoms with Gasteiger partial charge in [0, 0.05) is 21.5 Å². The maximum absolute atomic E-state index is 11.1. The highest BCUT2D eigenvalue weighted by Gasteiger charge is 2.17. The summed E-state index contributed by atoms with van der Waals surface area (Å²) in [6.07, 6.45) is 0. The summed E-state index contributed by atoms with van der Waals surface area (Å²) in [5, 5.41) is 1.39. The third-order valence-electron chi connectivity index (χ3n) is 3.56. The van der Waals surface area contributed by atoms with E-state index in [-0.39, 0.29) is 5.76 Å². The fourth-order valence-electron chi connectivity index (χ4n) is 2.36. The summed E-state index contributed by atoms with van der Waals surface area (Å²) in [4.78, 5) is 21.7. The van der Waals surface area contributed by atoms with Gasteiger partial charge >= 0.3 is 0 Å². The SMILES string of the molecule is CCOc1cccc2c(C)c(C(N)=O)oc12.NC(=O)c1cccc(Cl)c1. The van der Waals surface area contributed by atoms with Crippen molar-refractivity contribution in [1.82, 2.24) is 0 Å². The van der Waals surface area contributed by atoms with Crippen molar-refractivity contribution in [2.75, 3.05) is 6.61 Å². The summed E-state index contributed by atoms with van der Waals surface area (Å²) >= 11 is 5.58. The van der Waals surface area contributed by atoms with Gasteiger partial charge in [-0.3, -0.25) is 9.59 Å². The van der Waals surface area contributed by atoms with Crippen LogP contribution in [0.2, 0.25) is 5.02 Å². The number of carbonyl (C=O) groups excluding carboxylic acids is 2. The average molecular weight is 375 g/mol. The average Bonchev–Trinajstić information content (AvgIpc) is 2.94. The molecule has 0 aliphatic carbocycles. The largest absolute Gasteiger partial charge is 0.490 e. The van der Waals surface area contributed by atoms with Crippen LogP contribution in [-0.2, 0) is 0 Å². The van der Waals surface area contributed by atoms with Crippen molar-refractivity contribution in [2.45, 2.75) is 13.8 Å². The molecule has 0 saturated heterocycles. The van der Waals surface area contributed by atoms with Gasteiger partial charge in [0.25, 0.3) is 5.91 Å². The van der Waals surface area contributed by atoms with Crippen molar-refractivity contribution in [3.63, 3.8) is 0 Å². The first kappa shape index (κ1) is 19.3. The zero-order chi connectivity index (χ0) is 19.3. The van der Waals surface area contributed by atoms with Crippen LogP contribution in [0.1, 0.15) is 33.4 Å². The molecule has 1 aromatic heterocycles. The number of primary amides is 2. The Morgan fingerprint density at radius 2 is 1.81 bits per heavy atom. The molecule has 0 saturated carbocycles. The standard InChI is InChI=1S/C12H13NO3.C7H6ClNO/c1-3-15-9-6-4-5-8-7(2)10(12(13)14)16-11(8)9;8-6-3-1-2-5(4-6)7(9)10/h4-6H,3H2,1-2H3,(H2,13,14);1-4H,(H2,9,10). The maximum Gasteiger partial charge on any atom is 0.284 e. The van der Waals surface area contributed by atoms with Gasteiger partial charge in [-0.2, -0.15) is 0 Å². The first-order valence-corrected chi connectivity index (χ1v) is 8.23. The van der Waals surface area contributed by atoms with Gasteiger partial charge < -0.3 is 20.6 Å². The molecule has 7 heteroatoms. The summed E-state index contributed by atoms with van der Waals surface area (Å²) in [6, 6.07) is 12.1. The molecule has 0 bridgehead atoms. The smallest absolute Gasteiger partial charge is 0.284 e. The quantitative estimate of drug-likeness (QED) is 0.725. The number of aryl methyl sites for hydroxylation is 1. The van der Waals surface area contributed by atoms with E-state index in [1.165, 1.54) is 6.07 Å². The number of benzene rings is 2. The van der Waals surface area contributed by atoms with Gasteiger partial charge in [0.05, 0.1) is 6.61 Å². The zero-order valence-corrected chi connectivity index (χ0v) is 15.2. The number of amides is 2. The lowest BCUT2D eigenvalue weighted by Crippen LogP contribution is -2.10. The number of fused-ring (bicyclic) bond motifs is 1. The Morgan fingerprint density at radius 3 is 2.35 bits per heavy atom. The molecule has 0 aliphatic rings. The van der Waals surface area contributed by atoms with Gasteiger partial charge in [-0.15, -0.1) is 0 Å². The van der Waals surface area contributed by atoms with Gasteiger partial charge in [0.15, 0.2) is 17.1 Å². The highest BCUT2D eigenvalue weighted by atomic mass is 35.5. The molecule has 6 nitrogen and oxygen atoms in total. The first-order chi connectivity index (χ1) is 12.3.